The lowest BCUT2D eigenvalue weighted by molar-refractivity contribution is 0.301. The maximum atomic E-state index is 6.15. The van der Waals surface area contributed by atoms with Crippen LogP contribution in [-0.4, -0.2) is 7.11 Å². The van der Waals surface area contributed by atoms with Gasteiger partial charge in [-0.1, -0.05) is 57.3 Å². The number of benzene rings is 2. The summed E-state index contributed by atoms with van der Waals surface area (Å²) < 4.78 is 11.0. The molecule has 0 aliphatic heterocycles. The van der Waals surface area contributed by atoms with E-state index in [0.29, 0.717) is 22.0 Å². The molecule has 2 nitrogen and oxygen atoms in total. The number of alkyl halides is 1. The van der Waals surface area contributed by atoms with Gasteiger partial charge in [0.2, 0.25) is 0 Å². The fraction of sp³-hybridized carbons (Fsp3) is 0.200. The van der Waals surface area contributed by atoms with Crippen LogP contribution < -0.4 is 9.47 Å². The van der Waals surface area contributed by atoms with Crippen molar-refractivity contribution < 1.29 is 9.47 Å². The molecular formula is C15H13BrCl2O2. The number of rotatable bonds is 5. The molecule has 0 heterocycles. The lowest BCUT2D eigenvalue weighted by Gasteiger charge is -2.13. The molecule has 106 valence electrons. The monoisotopic (exact) mass is 374 g/mol. The molecule has 2 aromatic rings. The summed E-state index contributed by atoms with van der Waals surface area (Å²) in [6.45, 7) is 0.354. The fourth-order valence-electron chi connectivity index (χ4n) is 1.72. The van der Waals surface area contributed by atoms with Crippen LogP contribution in [0.3, 0.4) is 0 Å². The Hall–Kier alpha value is -0.900. The molecule has 0 spiro atoms. The Bertz CT molecular complexity index is 602. The van der Waals surface area contributed by atoms with Crippen molar-refractivity contribution in [2.24, 2.45) is 0 Å². The number of hydrogen-bond donors (Lipinski definition) is 0. The molecule has 5 heteroatoms. The Morgan fingerprint density at radius 1 is 1.10 bits per heavy atom. The fourth-order valence-corrected chi connectivity index (χ4v) is 2.56. The van der Waals surface area contributed by atoms with Crippen molar-refractivity contribution in [1.29, 1.82) is 0 Å². The molecule has 0 fully saturated rings. The standard InChI is InChI=1S/C15H13BrCl2O2/c1-19-12-6-5-10(8-16)14(7-12)20-9-11-3-2-4-13(17)15(11)18/h2-7H,8-9H2,1H3. The van der Waals surface area contributed by atoms with Gasteiger partial charge in [0.15, 0.2) is 0 Å². The topological polar surface area (TPSA) is 18.5 Å². The van der Waals surface area contributed by atoms with Crippen molar-refractivity contribution in [2.75, 3.05) is 7.11 Å². The summed E-state index contributed by atoms with van der Waals surface area (Å²) >= 11 is 15.6. The zero-order valence-corrected chi connectivity index (χ0v) is 13.9. The Labute approximate surface area is 136 Å². The van der Waals surface area contributed by atoms with Crippen LogP contribution in [0.1, 0.15) is 11.1 Å². The normalized spacial score (nSPS) is 10.4. The van der Waals surface area contributed by atoms with Gasteiger partial charge in [-0.05, 0) is 12.1 Å². The van der Waals surface area contributed by atoms with Gasteiger partial charge in [0.05, 0.1) is 17.2 Å². The van der Waals surface area contributed by atoms with Crippen LogP contribution in [0, 0.1) is 0 Å². The minimum atomic E-state index is 0.354. The molecule has 2 rings (SSSR count). The van der Waals surface area contributed by atoms with E-state index in [1.54, 1.807) is 13.2 Å². The number of methoxy groups -OCH3 is 1. The highest BCUT2D eigenvalue weighted by Crippen LogP contribution is 2.30. The van der Waals surface area contributed by atoms with Crippen LogP contribution in [0.2, 0.25) is 10.0 Å². The van der Waals surface area contributed by atoms with Crippen LogP contribution in [0.25, 0.3) is 0 Å². The molecule has 0 amide bonds. The number of hydrogen-bond acceptors (Lipinski definition) is 2. The minimum Gasteiger partial charge on any atom is -0.497 e. The third-order valence-corrected chi connectivity index (χ3v) is 4.30. The van der Waals surface area contributed by atoms with Gasteiger partial charge in [0.25, 0.3) is 0 Å². The van der Waals surface area contributed by atoms with Crippen LogP contribution >= 0.6 is 39.1 Å². The van der Waals surface area contributed by atoms with Gasteiger partial charge in [-0.15, -0.1) is 0 Å². The zero-order valence-electron chi connectivity index (χ0n) is 10.8. The van der Waals surface area contributed by atoms with E-state index in [4.69, 9.17) is 32.7 Å². The first-order chi connectivity index (χ1) is 9.65. The maximum absolute atomic E-state index is 6.15. The molecule has 0 unspecified atom stereocenters. The van der Waals surface area contributed by atoms with Gasteiger partial charge in [0.1, 0.15) is 18.1 Å². The summed E-state index contributed by atoms with van der Waals surface area (Å²) in [5.41, 5.74) is 1.89. The average Bonchev–Trinajstić information content (AvgIpc) is 2.48. The van der Waals surface area contributed by atoms with E-state index >= 15 is 0 Å². The molecule has 0 saturated carbocycles. The van der Waals surface area contributed by atoms with Crippen LogP contribution in [-0.2, 0) is 11.9 Å². The summed E-state index contributed by atoms with van der Waals surface area (Å²) in [6.07, 6.45) is 0. The molecule has 20 heavy (non-hydrogen) atoms. The van der Waals surface area contributed by atoms with E-state index in [1.807, 2.05) is 30.3 Å². The molecule has 0 radical (unpaired) electrons. The predicted octanol–water partition coefficient (Wildman–Crippen LogP) is 5.48. The molecule has 0 saturated heterocycles. The SMILES string of the molecule is COc1ccc(CBr)c(OCc2cccc(Cl)c2Cl)c1. The third kappa shape index (κ3) is 3.60. The number of halogens is 3. The van der Waals surface area contributed by atoms with Crippen molar-refractivity contribution in [2.45, 2.75) is 11.9 Å². The van der Waals surface area contributed by atoms with E-state index in [0.717, 1.165) is 22.6 Å². The highest BCUT2D eigenvalue weighted by molar-refractivity contribution is 9.08. The summed E-state index contributed by atoms with van der Waals surface area (Å²) in [5.74, 6) is 1.51. The first-order valence-corrected chi connectivity index (χ1v) is 7.82. The summed E-state index contributed by atoms with van der Waals surface area (Å²) in [5, 5.41) is 1.76. The van der Waals surface area contributed by atoms with Gasteiger partial charge in [-0.3, -0.25) is 0 Å². The van der Waals surface area contributed by atoms with Crippen LogP contribution in [0.4, 0.5) is 0 Å². The van der Waals surface area contributed by atoms with Gasteiger partial charge in [0, 0.05) is 22.5 Å². The highest BCUT2D eigenvalue weighted by atomic mass is 79.9. The third-order valence-electron chi connectivity index (χ3n) is 2.83. The largest absolute Gasteiger partial charge is 0.497 e. The maximum Gasteiger partial charge on any atom is 0.127 e. The van der Waals surface area contributed by atoms with Crippen molar-refractivity contribution >= 4 is 39.1 Å². The molecular weight excluding hydrogens is 363 g/mol. The van der Waals surface area contributed by atoms with Crippen LogP contribution in [0.5, 0.6) is 11.5 Å². The molecule has 0 aliphatic carbocycles. The van der Waals surface area contributed by atoms with E-state index in [2.05, 4.69) is 15.9 Å². The predicted molar refractivity (Wildman–Crippen MR) is 86.4 cm³/mol. The lowest BCUT2D eigenvalue weighted by Crippen LogP contribution is -1.99. The number of ether oxygens (including phenoxy) is 2. The Morgan fingerprint density at radius 3 is 2.60 bits per heavy atom. The first-order valence-electron chi connectivity index (χ1n) is 5.94. The van der Waals surface area contributed by atoms with E-state index in [9.17, 15) is 0 Å². The second kappa shape index (κ2) is 7.21. The second-order valence-corrected chi connectivity index (χ2v) is 5.45. The highest BCUT2D eigenvalue weighted by Gasteiger charge is 2.08. The van der Waals surface area contributed by atoms with Gasteiger partial charge < -0.3 is 9.47 Å². The Morgan fingerprint density at radius 2 is 1.90 bits per heavy atom. The molecule has 0 N–H and O–H groups in total. The lowest BCUT2D eigenvalue weighted by atomic mass is 10.2. The zero-order chi connectivity index (χ0) is 14.5. The Kier molecular flexibility index (Phi) is 5.58. The minimum absolute atomic E-state index is 0.354. The van der Waals surface area contributed by atoms with Crippen molar-refractivity contribution in [3.05, 3.63) is 57.6 Å². The smallest absolute Gasteiger partial charge is 0.127 e. The van der Waals surface area contributed by atoms with E-state index < -0.39 is 0 Å². The van der Waals surface area contributed by atoms with Gasteiger partial charge >= 0.3 is 0 Å². The molecule has 0 bridgehead atoms. The van der Waals surface area contributed by atoms with Gasteiger partial charge in [-0.2, -0.15) is 0 Å². The van der Waals surface area contributed by atoms with Crippen LogP contribution in [0.15, 0.2) is 36.4 Å². The Balaban J connectivity index is 2.19. The van der Waals surface area contributed by atoms with Crippen molar-refractivity contribution in [3.8, 4) is 11.5 Å². The van der Waals surface area contributed by atoms with Gasteiger partial charge in [-0.25, -0.2) is 0 Å². The first kappa shape index (κ1) is 15.5. The quantitative estimate of drug-likeness (QED) is 0.644. The summed E-state index contributed by atoms with van der Waals surface area (Å²) in [7, 11) is 1.63. The summed E-state index contributed by atoms with van der Waals surface area (Å²) in [6, 6.07) is 11.2. The van der Waals surface area contributed by atoms with E-state index in [-0.39, 0.29) is 0 Å². The second-order valence-electron chi connectivity index (χ2n) is 4.11. The molecule has 0 aliphatic rings. The molecule has 0 atom stereocenters. The van der Waals surface area contributed by atoms with E-state index in [1.165, 1.54) is 0 Å². The van der Waals surface area contributed by atoms with Crippen molar-refractivity contribution in [3.63, 3.8) is 0 Å². The molecule has 2 aromatic carbocycles. The average molecular weight is 376 g/mol. The molecule has 0 aromatic heterocycles. The van der Waals surface area contributed by atoms with Crippen molar-refractivity contribution in [1.82, 2.24) is 0 Å². The summed E-state index contributed by atoms with van der Waals surface area (Å²) in [4.78, 5) is 0.